The second-order valence-corrected chi connectivity index (χ2v) is 6.95. The third-order valence-corrected chi connectivity index (χ3v) is 5.14. The fraction of sp³-hybridized carbons (Fsp3) is 0.368. The minimum absolute atomic E-state index is 0.103. The Morgan fingerprint density at radius 3 is 2.71 bits per heavy atom. The van der Waals surface area contributed by atoms with Gasteiger partial charge in [-0.1, -0.05) is 17.7 Å². The summed E-state index contributed by atoms with van der Waals surface area (Å²) in [7, 11) is 0. The Morgan fingerprint density at radius 1 is 1.04 bits per heavy atom. The SMILES string of the molecule is O=C(c1cncc(N2CCc3cc(Cl)ccc3C2)c1)N1CCCC1. The van der Waals surface area contributed by atoms with Crippen LogP contribution in [0.15, 0.2) is 36.7 Å². The molecule has 0 radical (unpaired) electrons. The molecule has 24 heavy (non-hydrogen) atoms. The Balaban J connectivity index is 1.55. The van der Waals surface area contributed by atoms with Gasteiger partial charge in [0.05, 0.1) is 17.4 Å². The van der Waals surface area contributed by atoms with Gasteiger partial charge in [-0.15, -0.1) is 0 Å². The van der Waals surface area contributed by atoms with E-state index in [2.05, 4.69) is 22.0 Å². The van der Waals surface area contributed by atoms with E-state index in [1.807, 2.05) is 23.2 Å². The van der Waals surface area contributed by atoms with Gasteiger partial charge in [0.15, 0.2) is 0 Å². The minimum atomic E-state index is 0.103. The van der Waals surface area contributed by atoms with Gasteiger partial charge in [-0.25, -0.2) is 0 Å². The molecule has 3 heterocycles. The van der Waals surface area contributed by atoms with Crippen LogP contribution >= 0.6 is 11.6 Å². The maximum Gasteiger partial charge on any atom is 0.255 e. The lowest BCUT2D eigenvalue weighted by atomic mass is 9.99. The topological polar surface area (TPSA) is 36.4 Å². The lowest BCUT2D eigenvalue weighted by Gasteiger charge is -2.31. The molecule has 4 nitrogen and oxygen atoms in total. The summed E-state index contributed by atoms with van der Waals surface area (Å²) in [6.45, 7) is 3.47. The molecule has 0 saturated carbocycles. The van der Waals surface area contributed by atoms with Crippen LogP contribution in [0.4, 0.5) is 5.69 Å². The Labute approximate surface area is 147 Å². The van der Waals surface area contributed by atoms with E-state index in [1.165, 1.54) is 11.1 Å². The highest BCUT2D eigenvalue weighted by atomic mass is 35.5. The van der Waals surface area contributed by atoms with E-state index in [-0.39, 0.29) is 5.91 Å². The molecule has 0 atom stereocenters. The largest absolute Gasteiger partial charge is 0.366 e. The number of rotatable bonds is 2. The van der Waals surface area contributed by atoms with Gasteiger partial charge < -0.3 is 9.80 Å². The van der Waals surface area contributed by atoms with Crippen LogP contribution in [-0.4, -0.2) is 35.4 Å². The molecule has 1 saturated heterocycles. The normalized spacial score (nSPS) is 17.0. The van der Waals surface area contributed by atoms with Crippen LogP contribution in [0.3, 0.4) is 0 Å². The number of aromatic nitrogens is 1. The van der Waals surface area contributed by atoms with Crippen molar-refractivity contribution in [3.63, 3.8) is 0 Å². The highest BCUT2D eigenvalue weighted by Crippen LogP contribution is 2.27. The Hall–Kier alpha value is -2.07. The molecule has 2 aromatic rings. The van der Waals surface area contributed by atoms with Crippen LogP contribution in [0.1, 0.15) is 34.3 Å². The average molecular weight is 342 g/mol. The summed E-state index contributed by atoms with van der Waals surface area (Å²) in [4.78, 5) is 21.1. The fourth-order valence-electron chi connectivity index (χ4n) is 3.56. The van der Waals surface area contributed by atoms with E-state index in [0.29, 0.717) is 5.56 Å². The third kappa shape index (κ3) is 2.98. The molecular formula is C19H20ClN3O. The van der Waals surface area contributed by atoms with Crippen LogP contribution in [0.5, 0.6) is 0 Å². The zero-order valence-corrected chi connectivity index (χ0v) is 14.3. The van der Waals surface area contributed by atoms with E-state index in [9.17, 15) is 4.79 Å². The second kappa shape index (κ2) is 6.44. The number of carbonyl (C=O) groups is 1. The van der Waals surface area contributed by atoms with E-state index < -0.39 is 0 Å². The lowest BCUT2D eigenvalue weighted by molar-refractivity contribution is 0.0792. The number of nitrogens with zero attached hydrogens (tertiary/aromatic N) is 3. The predicted molar refractivity (Wildman–Crippen MR) is 95.6 cm³/mol. The first-order chi connectivity index (χ1) is 11.7. The van der Waals surface area contributed by atoms with Crippen molar-refractivity contribution in [2.75, 3.05) is 24.5 Å². The Morgan fingerprint density at radius 2 is 1.88 bits per heavy atom. The number of benzene rings is 1. The monoisotopic (exact) mass is 341 g/mol. The van der Waals surface area contributed by atoms with E-state index in [1.54, 1.807) is 6.20 Å². The van der Waals surface area contributed by atoms with Crippen molar-refractivity contribution >= 4 is 23.2 Å². The van der Waals surface area contributed by atoms with Gasteiger partial charge in [-0.05, 0) is 48.6 Å². The van der Waals surface area contributed by atoms with E-state index in [0.717, 1.165) is 56.2 Å². The number of likely N-dealkylation sites (tertiary alicyclic amines) is 1. The van der Waals surface area contributed by atoms with Crippen LogP contribution in [0.25, 0.3) is 0 Å². The van der Waals surface area contributed by atoms with Crippen molar-refractivity contribution in [3.05, 3.63) is 58.4 Å². The molecule has 1 aromatic carbocycles. The van der Waals surface area contributed by atoms with Gasteiger partial charge in [-0.3, -0.25) is 9.78 Å². The smallest absolute Gasteiger partial charge is 0.255 e. The molecule has 0 spiro atoms. The first kappa shape index (κ1) is 15.5. The predicted octanol–water partition coefficient (Wildman–Crippen LogP) is 3.53. The standard InChI is InChI=1S/C19H20ClN3O/c20-17-4-3-15-13-23(8-5-14(15)9-17)18-10-16(11-21-12-18)19(24)22-6-1-2-7-22/h3-4,9-12H,1-2,5-8,13H2. The van der Waals surface area contributed by atoms with Crippen LogP contribution in [0, 0.1) is 0 Å². The Bertz CT molecular complexity index is 771. The minimum Gasteiger partial charge on any atom is -0.366 e. The van der Waals surface area contributed by atoms with Crippen molar-refractivity contribution in [2.24, 2.45) is 0 Å². The number of carbonyl (C=O) groups excluding carboxylic acids is 1. The maximum absolute atomic E-state index is 12.6. The molecular weight excluding hydrogens is 322 g/mol. The number of hydrogen-bond acceptors (Lipinski definition) is 3. The molecule has 5 heteroatoms. The van der Waals surface area contributed by atoms with Gasteiger partial charge >= 0.3 is 0 Å². The molecule has 2 aliphatic rings. The van der Waals surface area contributed by atoms with Crippen LogP contribution < -0.4 is 4.90 Å². The summed E-state index contributed by atoms with van der Waals surface area (Å²) < 4.78 is 0. The molecule has 0 aliphatic carbocycles. The fourth-order valence-corrected chi connectivity index (χ4v) is 3.76. The van der Waals surface area contributed by atoms with Crippen molar-refractivity contribution in [2.45, 2.75) is 25.8 Å². The zero-order chi connectivity index (χ0) is 16.5. The first-order valence-electron chi connectivity index (χ1n) is 8.47. The number of anilines is 1. The summed E-state index contributed by atoms with van der Waals surface area (Å²) in [6.07, 6.45) is 6.69. The highest BCUT2D eigenvalue weighted by molar-refractivity contribution is 6.30. The molecule has 1 fully saturated rings. The summed E-state index contributed by atoms with van der Waals surface area (Å²) in [5.74, 6) is 0.103. The third-order valence-electron chi connectivity index (χ3n) is 4.91. The molecule has 0 N–H and O–H groups in total. The molecule has 124 valence electrons. The van der Waals surface area contributed by atoms with Gasteiger partial charge in [-0.2, -0.15) is 0 Å². The van der Waals surface area contributed by atoms with E-state index in [4.69, 9.17) is 11.6 Å². The lowest BCUT2D eigenvalue weighted by Crippen LogP contribution is -2.31. The summed E-state index contributed by atoms with van der Waals surface area (Å²) >= 11 is 6.08. The quantitative estimate of drug-likeness (QED) is 0.838. The zero-order valence-electron chi connectivity index (χ0n) is 13.5. The highest BCUT2D eigenvalue weighted by Gasteiger charge is 2.22. The molecule has 0 unspecified atom stereocenters. The first-order valence-corrected chi connectivity index (χ1v) is 8.85. The van der Waals surface area contributed by atoms with Gasteiger partial charge in [0.1, 0.15) is 0 Å². The number of pyridine rings is 1. The molecule has 0 bridgehead atoms. The van der Waals surface area contributed by atoms with Gasteiger partial charge in [0.2, 0.25) is 0 Å². The molecule has 2 aliphatic heterocycles. The van der Waals surface area contributed by atoms with Crippen molar-refractivity contribution in [1.82, 2.24) is 9.88 Å². The number of hydrogen-bond donors (Lipinski definition) is 0. The van der Waals surface area contributed by atoms with Crippen LogP contribution in [0.2, 0.25) is 5.02 Å². The van der Waals surface area contributed by atoms with Gasteiger partial charge in [0.25, 0.3) is 5.91 Å². The molecule has 1 amide bonds. The maximum atomic E-state index is 12.6. The van der Waals surface area contributed by atoms with E-state index >= 15 is 0 Å². The van der Waals surface area contributed by atoms with Crippen LogP contribution in [-0.2, 0) is 13.0 Å². The number of amides is 1. The summed E-state index contributed by atoms with van der Waals surface area (Å²) in [6, 6.07) is 8.07. The summed E-state index contributed by atoms with van der Waals surface area (Å²) in [5, 5.41) is 0.794. The summed E-state index contributed by atoms with van der Waals surface area (Å²) in [5.41, 5.74) is 4.31. The number of fused-ring (bicyclic) bond motifs is 1. The second-order valence-electron chi connectivity index (χ2n) is 6.52. The van der Waals surface area contributed by atoms with Crippen molar-refractivity contribution < 1.29 is 4.79 Å². The number of halogens is 1. The average Bonchev–Trinajstić information content (AvgIpc) is 3.15. The molecule has 4 rings (SSSR count). The Kier molecular flexibility index (Phi) is 4.15. The molecule has 1 aromatic heterocycles. The van der Waals surface area contributed by atoms with Gasteiger partial charge in [0, 0.05) is 37.4 Å². The van der Waals surface area contributed by atoms with Crippen molar-refractivity contribution in [1.29, 1.82) is 0 Å². The van der Waals surface area contributed by atoms with Crippen molar-refractivity contribution in [3.8, 4) is 0 Å².